The Balaban J connectivity index is 4.48. The fourth-order valence-corrected chi connectivity index (χ4v) is 2.61. The Labute approximate surface area is 111 Å². The van der Waals surface area contributed by atoms with E-state index in [1.54, 1.807) is 4.90 Å². The third-order valence-electron chi connectivity index (χ3n) is 2.63. The Morgan fingerprint density at radius 2 is 1.67 bits per heavy atom. The second-order valence-electron chi connectivity index (χ2n) is 4.43. The normalized spacial score (nSPS) is 11.2. The molecule has 5 heteroatoms. The molecule has 18 heavy (non-hydrogen) atoms. The molecule has 0 aromatic heterocycles. The standard InChI is InChI=1S/C13H25NO3S/c1-4-7-9-14(10-8-5-2)13(15)12-18(16,17)11-6-3/h6H,3-5,7-12H2,1-2H3. The van der Waals surface area contributed by atoms with Crippen molar-refractivity contribution in [3.63, 3.8) is 0 Å². The Morgan fingerprint density at radius 3 is 2.06 bits per heavy atom. The van der Waals surface area contributed by atoms with E-state index in [1.165, 1.54) is 6.08 Å². The van der Waals surface area contributed by atoms with Crippen LogP contribution in [0.3, 0.4) is 0 Å². The Hall–Kier alpha value is -0.840. The average Bonchev–Trinajstić information content (AvgIpc) is 2.28. The fraction of sp³-hybridized carbons (Fsp3) is 0.769. The number of unbranched alkanes of at least 4 members (excludes halogenated alkanes) is 2. The first kappa shape index (κ1) is 17.2. The highest BCUT2D eigenvalue weighted by atomic mass is 32.2. The monoisotopic (exact) mass is 275 g/mol. The molecule has 0 aromatic rings. The van der Waals surface area contributed by atoms with Gasteiger partial charge < -0.3 is 4.90 Å². The van der Waals surface area contributed by atoms with Crippen LogP contribution in [0.25, 0.3) is 0 Å². The maximum Gasteiger partial charge on any atom is 0.237 e. The Kier molecular flexibility index (Phi) is 8.71. The lowest BCUT2D eigenvalue weighted by Crippen LogP contribution is -2.37. The van der Waals surface area contributed by atoms with Gasteiger partial charge in [-0.2, -0.15) is 0 Å². The Bertz CT molecular complexity index is 341. The van der Waals surface area contributed by atoms with Crippen LogP contribution in [0.4, 0.5) is 0 Å². The van der Waals surface area contributed by atoms with Gasteiger partial charge in [-0.05, 0) is 12.8 Å². The molecule has 0 saturated carbocycles. The maximum atomic E-state index is 12.0. The molecule has 106 valence electrons. The molecule has 0 spiro atoms. The van der Waals surface area contributed by atoms with Crippen molar-refractivity contribution < 1.29 is 13.2 Å². The van der Waals surface area contributed by atoms with Crippen molar-refractivity contribution >= 4 is 15.7 Å². The molecule has 0 aliphatic carbocycles. The molecular formula is C13H25NO3S. The zero-order valence-corrected chi connectivity index (χ0v) is 12.3. The first-order valence-corrected chi connectivity index (χ1v) is 8.38. The number of hydrogen-bond donors (Lipinski definition) is 0. The number of nitrogens with zero attached hydrogens (tertiary/aromatic N) is 1. The third-order valence-corrected chi connectivity index (χ3v) is 4.06. The van der Waals surface area contributed by atoms with Gasteiger partial charge in [0.15, 0.2) is 9.84 Å². The molecular weight excluding hydrogens is 250 g/mol. The van der Waals surface area contributed by atoms with Gasteiger partial charge in [-0.1, -0.05) is 32.8 Å². The summed E-state index contributed by atoms with van der Waals surface area (Å²) in [6, 6.07) is 0. The predicted molar refractivity (Wildman–Crippen MR) is 75.2 cm³/mol. The van der Waals surface area contributed by atoms with Crippen LogP contribution in [0.15, 0.2) is 12.7 Å². The lowest BCUT2D eigenvalue weighted by Gasteiger charge is -2.22. The van der Waals surface area contributed by atoms with Gasteiger partial charge >= 0.3 is 0 Å². The quantitative estimate of drug-likeness (QED) is 0.573. The van der Waals surface area contributed by atoms with E-state index in [-0.39, 0.29) is 11.7 Å². The minimum absolute atomic E-state index is 0.131. The van der Waals surface area contributed by atoms with E-state index in [1.807, 2.05) is 0 Å². The lowest BCUT2D eigenvalue weighted by atomic mass is 10.2. The summed E-state index contributed by atoms with van der Waals surface area (Å²) in [5.74, 6) is -0.806. The van der Waals surface area contributed by atoms with Crippen molar-refractivity contribution in [1.82, 2.24) is 4.90 Å². The molecule has 0 atom stereocenters. The highest BCUT2D eigenvalue weighted by molar-refractivity contribution is 7.92. The summed E-state index contributed by atoms with van der Waals surface area (Å²) >= 11 is 0. The van der Waals surface area contributed by atoms with E-state index >= 15 is 0 Å². The summed E-state index contributed by atoms with van der Waals surface area (Å²) in [5.41, 5.74) is 0. The van der Waals surface area contributed by atoms with Crippen molar-refractivity contribution in [3.05, 3.63) is 12.7 Å². The van der Waals surface area contributed by atoms with Crippen LogP contribution >= 0.6 is 0 Å². The van der Waals surface area contributed by atoms with Gasteiger partial charge in [0.1, 0.15) is 5.75 Å². The van der Waals surface area contributed by atoms with Crippen LogP contribution in [0, 0.1) is 0 Å². The summed E-state index contributed by atoms with van der Waals surface area (Å²) in [5, 5.41) is 0. The molecule has 0 bridgehead atoms. The zero-order valence-electron chi connectivity index (χ0n) is 11.5. The molecule has 4 nitrogen and oxygen atoms in total. The van der Waals surface area contributed by atoms with Gasteiger partial charge in [0.25, 0.3) is 0 Å². The lowest BCUT2D eigenvalue weighted by molar-refractivity contribution is -0.128. The van der Waals surface area contributed by atoms with Crippen molar-refractivity contribution in [2.45, 2.75) is 39.5 Å². The minimum atomic E-state index is -3.34. The topological polar surface area (TPSA) is 54.5 Å². The second-order valence-corrected chi connectivity index (χ2v) is 6.54. The van der Waals surface area contributed by atoms with Gasteiger partial charge in [-0.15, -0.1) is 6.58 Å². The van der Waals surface area contributed by atoms with Crippen molar-refractivity contribution in [3.8, 4) is 0 Å². The largest absolute Gasteiger partial charge is 0.342 e. The molecule has 0 aliphatic heterocycles. The van der Waals surface area contributed by atoms with Gasteiger partial charge in [-0.3, -0.25) is 4.79 Å². The summed E-state index contributed by atoms with van der Waals surface area (Å²) in [4.78, 5) is 13.6. The van der Waals surface area contributed by atoms with Crippen LogP contribution in [0.2, 0.25) is 0 Å². The summed E-state index contributed by atoms with van der Waals surface area (Å²) < 4.78 is 23.1. The summed E-state index contributed by atoms with van der Waals surface area (Å²) in [7, 11) is -3.34. The first-order chi connectivity index (χ1) is 8.46. The van der Waals surface area contributed by atoms with Crippen LogP contribution in [0.1, 0.15) is 39.5 Å². The molecule has 0 rings (SSSR count). The number of hydrogen-bond acceptors (Lipinski definition) is 3. The zero-order chi connectivity index (χ0) is 14.0. The number of rotatable bonds is 10. The molecule has 0 saturated heterocycles. The number of carbonyl (C=O) groups is 1. The van der Waals surface area contributed by atoms with Crippen molar-refractivity contribution in [2.75, 3.05) is 24.6 Å². The van der Waals surface area contributed by atoms with Crippen LogP contribution < -0.4 is 0 Å². The summed E-state index contributed by atoms with van der Waals surface area (Å²) in [6.07, 6.45) is 5.14. The average molecular weight is 275 g/mol. The smallest absolute Gasteiger partial charge is 0.237 e. The molecule has 1 amide bonds. The van der Waals surface area contributed by atoms with Crippen LogP contribution in [-0.4, -0.2) is 43.8 Å². The van der Waals surface area contributed by atoms with Gasteiger partial charge in [0.2, 0.25) is 5.91 Å². The van der Waals surface area contributed by atoms with E-state index in [0.29, 0.717) is 13.1 Å². The van der Waals surface area contributed by atoms with E-state index in [4.69, 9.17) is 0 Å². The van der Waals surface area contributed by atoms with Crippen LogP contribution in [0.5, 0.6) is 0 Å². The van der Waals surface area contributed by atoms with E-state index in [0.717, 1.165) is 25.7 Å². The maximum absolute atomic E-state index is 12.0. The van der Waals surface area contributed by atoms with Gasteiger partial charge in [0, 0.05) is 13.1 Å². The molecule has 0 N–H and O–H groups in total. The Morgan fingerprint density at radius 1 is 1.17 bits per heavy atom. The minimum Gasteiger partial charge on any atom is -0.342 e. The molecule has 0 radical (unpaired) electrons. The van der Waals surface area contributed by atoms with Crippen molar-refractivity contribution in [1.29, 1.82) is 0 Å². The molecule has 0 aromatic carbocycles. The van der Waals surface area contributed by atoms with Gasteiger partial charge in [-0.25, -0.2) is 8.42 Å². The fourth-order valence-electron chi connectivity index (χ4n) is 1.58. The second kappa shape index (κ2) is 9.14. The highest BCUT2D eigenvalue weighted by Gasteiger charge is 2.20. The first-order valence-electron chi connectivity index (χ1n) is 6.56. The number of sulfone groups is 1. The van der Waals surface area contributed by atoms with Crippen molar-refractivity contribution in [2.24, 2.45) is 0 Å². The van der Waals surface area contributed by atoms with Crippen LogP contribution in [-0.2, 0) is 14.6 Å². The van der Waals surface area contributed by atoms with E-state index < -0.39 is 15.6 Å². The summed E-state index contributed by atoms with van der Waals surface area (Å²) in [6.45, 7) is 8.80. The molecule has 0 fully saturated rings. The SMILES string of the molecule is C=CCS(=O)(=O)CC(=O)N(CCCC)CCCC. The van der Waals surface area contributed by atoms with E-state index in [2.05, 4.69) is 20.4 Å². The number of amides is 1. The highest BCUT2D eigenvalue weighted by Crippen LogP contribution is 2.03. The molecule has 0 heterocycles. The number of carbonyl (C=O) groups excluding carboxylic acids is 1. The molecule has 0 aliphatic rings. The van der Waals surface area contributed by atoms with E-state index in [9.17, 15) is 13.2 Å². The van der Waals surface area contributed by atoms with Gasteiger partial charge in [0.05, 0.1) is 5.75 Å². The third kappa shape index (κ3) is 7.48. The molecule has 0 unspecified atom stereocenters. The predicted octanol–water partition coefficient (Wildman–Crippen LogP) is 2.02.